The van der Waals surface area contributed by atoms with Crippen molar-refractivity contribution in [3.05, 3.63) is 23.3 Å². The smallest absolute Gasteiger partial charge is 0.409 e. The van der Waals surface area contributed by atoms with E-state index in [0.717, 1.165) is 11.1 Å². The summed E-state index contributed by atoms with van der Waals surface area (Å²) in [7, 11) is 0. The molecule has 0 aliphatic carbocycles. The van der Waals surface area contributed by atoms with Gasteiger partial charge in [-0.05, 0) is 37.1 Å². The van der Waals surface area contributed by atoms with Gasteiger partial charge in [-0.25, -0.2) is 4.79 Å². The minimum Gasteiger partial charge on any atom is -0.410 e. The molecule has 0 heterocycles. The van der Waals surface area contributed by atoms with Crippen LogP contribution in [0.4, 0.5) is 10.5 Å². The number of carbonyl (C=O) groups is 1. The second-order valence-electron chi connectivity index (χ2n) is 2.89. The molecule has 4 N–H and O–H groups in total. The van der Waals surface area contributed by atoms with Gasteiger partial charge in [-0.1, -0.05) is 0 Å². The molecule has 0 spiro atoms. The Morgan fingerprint density at radius 1 is 1.31 bits per heavy atom. The molecule has 4 nitrogen and oxygen atoms in total. The fourth-order valence-electron chi connectivity index (χ4n) is 1.11. The Morgan fingerprint density at radius 2 is 1.77 bits per heavy atom. The summed E-state index contributed by atoms with van der Waals surface area (Å²) in [6, 6.07) is 3.35. The Hall–Kier alpha value is -1.71. The van der Waals surface area contributed by atoms with E-state index in [-0.39, 0.29) is 0 Å². The quantitative estimate of drug-likeness (QED) is 0.640. The standard InChI is InChI=1S/C9H12N2O2/c1-5-3-7(13-9(11)12)4-6(2)8(5)10/h3-4H,10H2,1-2H3,(H2,11,12). The Bertz CT molecular complexity index is 324. The van der Waals surface area contributed by atoms with Gasteiger partial charge in [-0.3, -0.25) is 0 Å². The van der Waals surface area contributed by atoms with E-state index in [0.29, 0.717) is 11.4 Å². The van der Waals surface area contributed by atoms with Crippen LogP contribution in [0.2, 0.25) is 0 Å². The number of carbonyl (C=O) groups excluding carboxylic acids is 1. The van der Waals surface area contributed by atoms with Crippen molar-refractivity contribution < 1.29 is 9.53 Å². The number of hydrogen-bond donors (Lipinski definition) is 2. The Balaban J connectivity index is 3.06. The van der Waals surface area contributed by atoms with Crippen LogP contribution in [0.3, 0.4) is 0 Å². The summed E-state index contributed by atoms with van der Waals surface area (Å²) in [5.74, 6) is 0.428. The number of nitrogen functional groups attached to an aromatic ring is 1. The average molecular weight is 180 g/mol. The van der Waals surface area contributed by atoms with Gasteiger partial charge >= 0.3 is 6.09 Å². The highest BCUT2D eigenvalue weighted by molar-refractivity contribution is 5.69. The molecule has 0 bridgehead atoms. The molecule has 0 unspecified atom stereocenters. The second kappa shape index (κ2) is 3.35. The Kier molecular flexibility index (Phi) is 2.41. The molecule has 0 aliphatic heterocycles. The highest BCUT2D eigenvalue weighted by Gasteiger charge is 2.04. The van der Waals surface area contributed by atoms with Gasteiger partial charge in [0.15, 0.2) is 0 Å². The van der Waals surface area contributed by atoms with Crippen LogP contribution in [0.15, 0.2) is 12.1 Å². The number of hydrogen-bond acceptors (Lipinski definition) is 3. The average Bonchev–Trinajstić information content (AvgIpc) is 1.98. The molecule has 0 aliphatic rings. The normalized spacial score (nSPS) is 9.69. The molecule has 1 aromatic rings. The molecule has 13 heavy (non-hydrogen) atoms. The molecular formula is C9H12N2O2. The van der Waals surface area contributed by atoms with Gasteiger partial charge in [0.1, 0.15) is 5.75 Å². The molecular weight excluding hydrogens is 168 g/mol. The highest BCUT2D eigenvalue weighted by Crippen LogP contribution is 2.23. The molecule has 0 aromatic heterocycles. The first-order valence-corrected chi connectivity index (χ1v) is 3.84. The van der Waals surface area contributed by atoms with E-state index in [4.69, 9.17) is 16.2 Å². The summed E-state index contributed by atoms with van der Waals surface area (Å²) in [6.45, 7) is 3.69. The fourth-order valence-corrected chi connectivity index (χ4v) is 1.11. The summed E-state index contributed by atoms with van der Waals surface area (Å²) in [6.07, 6.45) is -0.816. The van der Waals surface area contributed by atoms with Gasteiger partial charge in [0.2, 0.25) is 0 Å². The maximum Gasteiger partial charge on any atom is 0.409 e. The molecule has 0 fully saturated rings. The molecule has 0 saturated heterocycles. The summed E-state index contributed by atoms with van der Waals surface area (Å²) in [5.41, 5.74) is 13.0. The van der Waals surface area contributed by atoms with Gasteiger partial charge in [-0.15, -0.1) is 0 Å². The number of rotatable bonds is 1. The van der Waals surface area contributed by atoms with Crippen molar-refractivity contribution in [3.8, 4) is 5.75 Å². The lowest BCUT2D eigenvalue weighted by atomic mass is 10.1. The Labute approximate surface area is 76.5 Å². The van der Waals surface area contributed by atoms with Gasteiger partial charge in [0.25, 0.3) is 0 Å². The van der Waals surface area contributed by atoms with E-state index in [9.17, 15) is 4.79 Å². The van der Waals surface area contributed by atoms with Crippen molar-refractivity contribution in [3.63, 3.8) is 0 Å². The number of aryl methyl sites for hydroxylation is 2. The summed E-state index contributed by atoms with van der Waals surface area (Å²) in [4.78, 5) is 10.4. The lowest BCUT2D eigenvalue weighted by Crippen LogP contribution is -2.16. The molecule has 0 saturated carbocycles. The van der Waals surface area contributed by atoms with Gasteiger partial charge in [0, 0.05) is 5.69 Å². The molecule has 70 valence electrons. The molecule has 4 heteroatoms. The predicted molar refractivity (Wildman–Crippen MR) is 50.5 cm³/mol. The minimum atomic E-state index is -0.816. The molecule has 0 radical (unpaired) electrons. The lowest BCUT2D eigenvalue weighted by molar-refractivity contribution is 0.211. The van der Waals surface area contributed by atoms with Crippen LogP contribution in [0.5, 0.6) is 5.75 Å². The van der Waals surface area contributed by atoms with Crippen LogP contribution < -0.4 is 16.2 Å². The number of amides is 1. The SMILES string of the molecule is Cc1cc(OC(N)=O)cc(C)c1N. The zero-order chi connectivity index (χ0) is 10.0. The number of primary amides is 1. The first-order chi connectivity index (χ1) is 6.00. The van der Waals surface area contributed by atoms with Gasteiger partial charge in [0.05, 0.1) is 0 Å². The van der Waals surface area contributed by atoms with Gasteiger partial charge in [-0.2, -0.15) is 0 Å². The number of benzene rings is 1. The second-order valence-corrected chi connectivity index (χ2v) is 2.89. The molecule has 1 rings (SSSR count). The number of anilines is 1. The van der Waals surface area contributed by atoms with Crippen molar-refractivity contribution in [2.24, 2.45) is 5.73 Å². The van der Waals surface area contributed by atoms with E-state index in [1.165, 1.54) is 0 Å². The van der Waals surface area contributed by atoms with E-state index in [2.05, 4.69) is 0 Å². The summed E-state index contributed by atoms with van der Waals surface area (Å²) >= 11 is 0. The van der Waals surface area contributed by atoms with Crippen LogP contribution in [-0.2, 0) is 0 Å². The Morgan fingerprint density at radius 3 is 2.15 bits per heavy atom. The number of nitrogens with two attached hydrogens (primary N) is 2. The molecule has 1 amide bonds. The lowest BCUT2D eigenvalue weighted by Gasteiger charge is -2.07. The van der Waals surface area contributed by atoms with E-state index in [1.54, 1.807) is 12.1 Å². The minimum absolute atomic E-state index is 0.428. The first kappa shape index (κ1) is 9.38. The maximum absolute atomic E-state index is 10.4. The monoisotopic (exact) mass is 180 g/mol. The van der Waals surface area contributed by atoms with Crippen LogP contribution in [0, 0.1) is 13.8 Å². The summed E-state index contributed by atoms with van der Waals surface area (Å²) < 4.78 is 4.71. The topological polar surface area (TPSA) is 78.3 Å². The van der Waals surface area contributed by atoms with Crippen LogP contribution in [0.25, 0.3) is 0 Å². The van der Waals surface area contributed by atoms with Gasteiger partial charge < -0.3 is 16.2 Å². The fraction of sp³-hybridized carbons (Fsp3) is 0.222. The van der Waals surface area contributed by atoms with Crippen molar-refractivity contribution in [1.29, 1.82) is 0 Å². The third-order valence-electron chi connectivity index (χ3n) is 1.79. The molecule has 1 aromatic carbocycles. The maximum atomic E-state index is 10.4. The number of ether oxygens (including phenoxy) is 1. The van der Waals surface area contributed by atoms with Crippen molar-refractivity contribution in [1.82, 2.24) is 0 Å². The van der Waals surface area contributed by atoms with E-state index >= 15 is 0 Å². The van der Waals surface area contributed by atoms with Crippen LogP contribution in [-0.4, -0.2) is 6.09 Å². The third kappa shape index (κ3) is 2.11. The van der Waals surface area contributed by atoms with Crippen LogP contribution >= 0.6 is 0 Å². The molecule has 0 atom stereocenters. The zero-order valence-corrected chi connectivity index (χ0v) is 7.63. The van der Waals surface area contributed by atoms with Crippen molar-refractivity contribution in [2.45, 2.75) is 13.8 Å². The first-order valence-electron chi connectivity index (χ1n) is 3.84. The highest BCUT2D eigenvalue weighted by atomic mass is 16.5. The van der Waals surface area contributed by atoms with E-state index in [1.807, 2.05) is 13.8 Å². The van der Waals surface area contributed by atoms with Crippen LogP contribution in [0.1, 0.15) is 11.1 Å². The largest absolute Gasteiger partial charge is 0.410 e. The predicted octanol–water partition coefficient (Wildman–Crippen LogP) is 1.34. The zero-order valence-electron chi connectivity index (χ0n) is 7.63. The third-order valence-corrected chi connectivity index (χ3v) is 1.79. The summed E-state index contributed by atoms with van der Waals surface area (Å²) in [5, 5.41) is 0. The van der Waals surface area contributed by atoms with E-state index < -0.39 is 6.09 Å². The van der Waals surface area contributed by atoms with Crippen molar-refractivity contribution in [2.75, 3.05) is 5.73 Å². The van der Waals surface area contributed by atoms with Crippen molar-refractivity contribution >= 4 is 11.8 Å².